The molecule has 180 valence electrons. The zero-order chi connectivity index (χ0) is 24.8. The standard InChI is InChI=1S/C25H23F2N5O3/c1-35-15-14-28-25(34)24(17-8-2-3-9-18(17)26)32(21-12-6-4-10-19(21)27)23(33)16-31-22-13-7-5-11-20(22)29-30-31/h2-13,24H,14-16H2,1H3,(H,28,34). The van der Waals surface area contributed by atoms with Crippen molar-refractivity contribution in [2.75, 3.05) is 25.2 Å². The highest BCUT2D eigenvalue weighted by Crippen LogP contribution is 2.31. The maximum absolute atomic E-state index is 15.0. The lowest BCUT2D eigenvalue weighted by Gasteiger charge is -2.32. The molecule has 4 aromatic rings. The Morgan fingerprint density at radius 2 is 1.69 bits per heavy atom. The molecule has 0 saturated carbocycles. The Morgan fingerprint density at radius 1 is 1.00 bits per heavy atom. The Kier molecular flexibility index (Phi) is 7.41. The van der Waals surface area contributed by atoms with Crippen LogP contribution < -0.4 is 10.2 Å². The van der Waals surface area contributed by atoms with Crippen LogP contribution in [0.2, 0.25) is 0 Å². The molecule has 1 N–H and O–H groups in total. The monoisotopic (exact) mass is 479 g/mol. The van der Waals surface area contributed by atoms with E-state index in [1.54, 1.807) is 30.3 Å². The van der Waals surface area contributed by atoms with Crippen molar-refractivity contribution >= 4 is 28.5 Å². The molecule has 0 fully saturated rings. The quantitative estimate of drug-likeness (QED) is 0.373. The number of para-hydroxylation sites is 2. The minimum absolute atomic E-state index is 0.0810. The van der Waals surface area contributed by atoms with Gasteiger partial charge in [-0.3, -0.25) is 14.5 Å². The van der Waals surface area contributed by atoms with Gasteiger partial charge < -0.3 is 10.1 Å². The van der Waals surface area contributed by atoms with E-state index in [9.17, 15) is 14.0 Å². The molecule has 0 saturated heterocycles. The zero-order valence-corrected chi connectivity index (χ0v) is 18.9. The molecule has 1 heterocycles. The van der Waals surface area contributed by atoms with Crippen molar-refractivity contribution in [3.8, 4) is 0 Å². The topological polar surface area (TPSA) is 89.4 Å². The number of carbonyl (C=O) groups is 2. The maximum atomic E-state index is 15.0. The first-order valence-electron chi connectivity index (χ1n) is 10.9. The number of nitrogens with one attached hydrogen (secondary N) is 1. The van der Waals surface area contributed by atoms with Crippen molar-refractivity contribution in [1.82, 2.24) is 20.3 Å². The fraction of sp³-hybridized carbons (Fsp3) is 0.200. The molecular weight excluding hydrogens is 456 g/mol. The SMILES string of the molecule is COCCNC(=O)C(c1ccccc1F)N(C(=O)Cn1nnc2ccccc21)c1ccccc1F. The molecule has 1 atom stereocenters. The third-order valence-corrected chi connectivity index (χ3v) is 5.40. The van der Waals surface area contributed by atoms with E-state index in [4.69, 9.17) is 4.74 Å². The molecule has 2 amide bonds. The van der Waals surface area contributed by atoms with Gasteiger partial charge in [0.25, 0.3) is 0 Å². The average Bonchev–Trinajstić information content (AvgIpc) is 3.26. The number of hydrogen-bond acceptors (Lipinski definition) is 5. The minimum atomic E-state index is -1.49. The first kappa shape index (κ1) is 24.0. The normalized spacial score (nSPS) is 11.9. The number of fused-ring (bicyclic) bond motifs is 1. The lowest BCUT2D eigenvalue weighted by Crippen LogP contribution is -2.46. The van der Waals surface area contributed by atoms with Gasteiger partial charge in [0.1, 0.15) is 29.7 Å². The van der Waals surface area contributed by atoms with Crippen molar-refractivity contribution < 1.29 is 23.1 Å². The van der Waals surface area contributed by atoms with Gasteiger partial charge in [0.15, 0.2) is 0 Å². The molecular formula is C25H23F2N5O3. The molecule has 0 aliphatic carbocycles. The van der Waals surface area contributed by atoms with Crippen LogP contribution in [0.3, 0.4) is 0 Å². The highest BCUT2D eigenvalue weighted by molar-refractivity contribution is 6.01. The van der Waals surface area contributed by atoms with Crippen LogP contribution in [0.25, 0.3) is 11.0 Å². The molecule has 0 bridgehead atoms. The van der Waals surface area contributed by atoms with E-state index in [2.05, 4.69) is 15.6 Å². The number of carbonyl (C=O) groups excluding carboxylic acids is 2. The molecule has 8 nitrogen and oxygen atoms in total. The van der Waals surface area contributed by atoms with Gasteiger partial charge in [-0.15, -0.1) is 5.10 Å². The molecule has 1 aromatic heterocycles. The van der Waals surface area contributed by atoms with Crippen LogP contribution in [0.1, 0.15) is 11.6 Å². The molecule has 3 aromatic carbocycles. The van der Waals surface area contributed by atoms with Gasteiger partial charge in [-0.05, 0) is 30.3 Å². The summed E-state index contributed by atoms with van der Waals surface area (Å²) >= 11 is 0. The molecule has 0 radical (unpaired) electrons. The van der Waals surface area contributed by atoms with Crippen LogP contribution in [0, 0.1) is 11.6 Å². The number of halogens is 2. The molecule has 1 unspecified atom stereocenters. The Hall–Kier alpha value is -4.18. The van der Waals surface area contributed by atoms with Crippen molar-refractivity contribution in [3.05, 3.63) is 90.0 Å². The summed E-state index contributed by atoms with van der Waals surface area (Å²) in [6, 6.07) is 16.6. The number of methoxy groups -OCH3 is 1. The molecule has 0 aliphatic rings. The number of aromatic nitrogens is 3. The summed E-state index contributed by atoms with van der Waals surface area (Å²) < 4.78 is 36.3. The zero-order valence-electron chi connectivity index (χ0n) is 18.9. The van der Waals surface area contributed by atoms with Crippen molar-refractivity contribution in [2.45, 2.75) is 12.6 Å². The van der Waals surface area contributed by atoms with Gasteiger partial charge in [0, 0.05) is 19.2 Å². The largest absolute Gasteiger partial charge is 0.383 e. The van der Waals surface area contributed by atoms with Crippen molar-refractivity contribution in [3.63, 3.8) is 0 Å². The smallest absolute Gasteiger partial charge is 0.249 e. The molecule has 10 heteroatoms. The Bertz CT molecular complexity index is 1340. The maximum Gasteiger partial charge on any atom is 0.249 e. The number of nitrogens with zero attached hydrogens (tertiary/aromatic N) is 4. The molecule has 35 heavy (non-hydrogen) atoms. The number of amides is 2. The summed E-state index contributed by atoms with van der Waals surface area (Å²) in [5.74, 6) is -2.82. The van der Waals surface area contributed by atoms with E-state index in [-0.39, 0.29) is 30.9 Å². The third kappa shape index (κ3) is 5.17. The van der Waals surface area contributed by atoms with Gasteiger partial charge in [-0.2, -0.15) is 0 Å². The van der Waals surface area contributed by atoms with E-state index in [1.165, 1.54) is 54.3 Å². The first-order valence-corrected chi connectivity index (χ1v) is 10.9. The number of rotatable bonds is 9. The predicted octanol–water partition coefficient (Wildman–Crippen LogP) is 3.25. The highest BCUT2D eigenvalue weighted by atomic mass is 19.1. The second-order valence-electron chi connectivity index (χ2n) is 7.66. The van der Waals surface area contributed by atoms with Crippen LogP contribution in [0.5, 0.6) is 0 Å². The van der Waals surface area contributed by atoms with Gasteiger partial charge in [-0.25, -0.2) is 13.5 Å². The van der Waals surface area contributed by atoms with E-state index < -0.39 is 29.5 Å². The van der Waals surface area contributed by atoms with Crippen molar-refractivity contribution in [1.29, 1.82) is 0 Å². The fourth-order valence-electron chi connectivity index (χ4n) is 3.77. The van der Waals surface area contributed by atoms with Crippen LogP contribution in [0.15, 0.2) is 72.8 Å². The van der Waals surface area contributed by atoms with Crippen LogP contribution in [-0.4, -0.2) is 47.1 Å². The molecule has 4 rings (SSSR count). The van der Waals surface area contributed by atoms with E-state index in [1.807, 2.05) is 0 Å². The molecule has 0 aliphatic heterocycles. The average molecular weight is 479 g/mol. The highest BCUT2D eigenvalue weighted by Gasteiger charge is 2.36. The van der Waals surface area contributed by atoms with Gasteiger partial charge in [0.05, 0.1) is 17.8 Å². The van der Waals surface area contributed by atoms with Crippen LogP contribution in [-0.2, 0) is 20.9 Å². The Labute approximate surface area is 200 Å². The minimum Gasteiger partial charge on any atom is -0.383 e. The third-order valence-electron chi connectivity index (χ3n) is 5.40. The lowest BCUT2D eigenvalue weighted by atomic mass is 10.0. The summed E-state index contributed by atoms with van der Waals surface area (Å²) in [6.07, 6.45) is 0. The summed E-state index contributed by atoms with van der Waals surface area (Å²) in [5.41, 5.74) is 0.904. The fourth-order valence-corrected chi connectivity index (χ4v) is 3.77. The Balaban J connectivity index is 1.81. The Morgan fingerprint density at radius 3 is 2.43 bits per heavy atom. The van der Waals surface area contributed by atoms with Crippen LogP contribution in [0.4, 0.5) is 14.5 Å². The number of anilines is 1. The van der Waals surface area contributed by atoms with E-state index in [0.717, 1.165) is 4.90 Å². The number of benzene rings is 3. The van der Waals surface area contributed by atoms with Crippen LogP contribution >= 0.6 is 0 Å². The van der Waals surface area contributed by atoms with E-state index in [0.29, 0.717) is 11.0 Å². The van der Waals surface area contributed by atoms with E-state index >= 15 is 4.39 Å². The summed E-state index contributed by atoms with van der Waals surface area (Å²) in [7, 11) is 1.47. The second-order valence-corrected chi connectivity index (χ2v) is 7.66. The predicted molar refractivity (Wildman–Crippen MR) is 125 cm³/mol. The van der Waals surface area contributed by atoms with Crippen molar-refractivity contribution in [2.24, 2.45) is 0 Å². The summed E-state index contributed by atoms with van der Waals surface area (Å²) in [4.78, 5) is 28.0. The summed E-state index contributed by atoms with van der Waals surface area (Å²) in [5, 5.41) is 10.7. The second kappa shape index (κ2) is 10.8. The lowest BCUT2D eigenvalue weighted by molar-refractivity contribution is -0.127. The number of ether oxygens (including phenoxy) is 1. The van der Waals surface area contributed by atoms with Gasteiger partial charge in [0.2, 0.25) is 11.8 Å². The van der Waals surface area contributed by atoms with Gasteiger partial charge in [-0.1, -0.05) is 47.7 Å². The molecule has 0 spiro atoms. The first-order chi connectivity index (χ1) is 17.0. The number of hydrogen-bond donors (Lipinski definition) is 1. The van der Waals surface area contributed by atoms with Gasteiger partial charge >= 0.3 is 0 Å². The summed E-state index contributed by atoms with van der Waals surface area (Å²) in [6.45, 7) is -0.0349.